The SMILES string of the molecule is COc1cccc(-c2nc(-c3cc(C)n(C)c3C)cs2)c1. The van der Waals surface area contributed by atoms with Crippen LogP contribution in [-0.2, 0) is 7.05 Å². The molecule has 108 valence electrons. The molecule has 4 heteroatoms. The molecule has 0 saturated carbocycles. The van der Waals surface area contributed by atoms with Crippen molar-refractivity contribution in [3.05, 3.63) is 47.1 Å². The van der Waals surface area contributed by atoms with Crippen molar-refractivity contribution < 1.29 is 4.74 Å². The minimum atomic E-state index is 0.857. The van der Waals surface area contributed by atoms with Crippen molar-refractivity contribution in [2.75, 3.05) is 7.11 Å². The van der Waals surface area contributed by atoms with Gasteiger partial charge in [-0.15, -0.1) is 11.3 Å². The van der Waals surface area contributed by atoms with Crippen LogP contribution in [0.15, 0.2) is 35.7 Å². The van der Waals surface area contributed by atoms with E-state index in [-0.39, 0.29) is 0 Å². The van der Waals surface area contributed by atoms with Gasteiger partial charge < -0.3 is 9.30 Å². The van der Waals surface area contributed by atoms with Crippen LogP contribution in [0.4, 0.5) is 0 Å². The number of hydrogen-bond donors (Lipinski definition) is 0. The van der Waals surface area contributed by atoms with E-state index in [1.807, 2.05) is 18.2 Å². The van der Waals surface area contributed by atoms with E-state index in [4.69, 9.17) is 9.72 Å². The van der Waals surface area contributed by atoms with E-state index in [2.05, 4.69) is 43.0 Å². The van der Waals surface area contributed by atoms with E-state index in [0.717, 1.165) is 22.0 Å². The fourth-order valence-corrected chi connectivity index (χ4v) is 3.22. The molecule has 0 aliphatic heterocycles. The number of rotatable bonds is 3. The van der Waals surface area contributed by atoms with Gasteiger partial charge in [-0.25, -0.2) is 4.98 Å². The second-order valence-corrected chi connectivity index (χ2v) is 5.97. The number of nitrogens with zero attached hydrogens (tertiary/aromatic N) is 2. The number of aromatic nitrogens is 2. The van der Waals surface area contributed by atoms with Crippen LogP contribution in [0.3, 0.4) is 0 Å². The van der Waals surface area contributed by atoms with Crippen LogP contribution < -0.4 is 4.74 Å². The highest BCUT2D eigenvalue weighted by Gasteiger charge is 2.12. The molecule has 3 nitrogen and oxygen atoms in total. The van der Waals surface area contributed by atoms with Crippen molar-refractivity contribution in [1.29, 1.82) is 0 Å². The predicted molar refractivity (Wildman–Crippen MR) is 88.0 cm³/mol. The molecule has 0 amide bonds. The molecule has 0 spiro atoms. The maximum absolute atomic E-state index is 5.28. The molecule has 3 aromatic rings. The predicted octanol–water partition coefficient (Wildman–Crippen LogP) is 4.44. The standard InChI is InChI=1S/C17H18N2OS/c1-11-8-15(12(2)19(11)3)16-10-21-17(18-16)13-6-5-7-14(9-13)20-4/h5-10H,1-4H3. The van der Waals surface area contributed by atoms with Gasteiger partial charge in [-0.05, 0) is 32.0 Å². The molecule has 0 unspecified atom stereocenters. The average Bonchev–Trinajstić information content (AvgIpc) is 3.08. The molecule has 0 bridgehead atoms. The summed E-state index contributed by atoms with van der Waals surface area (Å²) < 4.78 is 7.47. The third-order valence-electron chi connectivity index (χ3n) is 3.87. The summed E-state index contributed by atoms with van der Waals surface area (Å²) in [6.07, 6.45) is 0. The van der Waals surface area contributed by atoms with Crippen LogP contribution in [0.25, 0.3) is 21.8 Å². The Bertz CT molecular complexity index is 786. The topological polar surface area (TPSA) is 27.1 Å². The summed E-state index contributed by atoms with van der Waals surface area (Å²) in [6, 6.07) is 10.2. The molecule has 1 aromatic carbocycles. The van der Waals surface area contributed by atoms with E-state index in [9.17, 15) is 0 Å². The Morgan fingerprint density at radius 1 is 1.19 bits per heavy atom. The largest absolute Gasteiger partial charge is 0.497 e. The van der Waals surface area contributed by atoms with Gasteiger partial charge in [-0.2, -0.15) is 0 Å². The first-order valence-corrected chi connectivity index (χ1v) is 7.71. The summed E-state index contributed by atoms with van der Waals surface area (Å²) in [5.74, 6) is 0.857. The normalized spacial score (nSPS) is 10.9. The van der Waals surface area contributed by atoms with Crippen LogP contribution >= 0.6 is 11.3 Å². The molecule has 0 aliphatic rings. The van der Waals surface area contributed by atoms with Crippen molar-refractivity contribution >= 4 is 11.3 Å². The van der Waals surface area contributed by atoms with Gasteiger partial charge in [0.1, 0.15) is 10.8 Å². The van der Waals surface area contributed by atoms with Crippen LogP contribution in [0.5, 0.6) is 5.75 Å². The van der Waals surface area contributed by atoms with E-state index < -0.39 is 0 Å². The Labute approximate surface area is 128 Å². The fourth-order valence-electron chi connectivity index (χ4n) is 2.40. The second kappa shape index (κ2) is 5.37. The lowest BCUT2D eigenvalue weighted by Crippen LogP contribution is -1.92. The average molecular weight is 298 g/mol. The van der Waals surface area contributed by atoms with Gasteiger partial charge in [0.25, 0.3) is 0 Å². The highest BCUT2D eigenvalue weighted by atomic mass is 32.1. The highest BCUT2D eigenvalue weighted by Crippen LogP contribution is 2.32. The second-order valence-electron chi connectivity index (χ2n) is 5.11. The molecule has 0 aliphatic carbocycles. The van der Waals surface area contributed by atoms with Gasteiger partial charge in [-0.1, -0.05) is 12.1 Å². The molecular weight excluding hydrogens is 280 g/mol. The van der Waals surface area contributed by atoms with Gasteiger partial charge in [-0.3, -0.25) is 0 Å². The zero-order valence-electron chi connectivity index (χ0n) is 12.7. The quantitative estimate of drug-likeness (QED) is 0.714. The van der Waals surface area contributed by atoms with Gasteiger partial charge in [0, 0.05) is 34.9 Å². The summed E-state index contributed by atoms with van der Waals surface area (Å²) >= 11 is 1.66. The minimum absolute atomic E-state index is 0.857. The lowest BCUT2D eigenvalue weighted by atomic mass is 10.2. The highest BCUT2D eigenvalue weighted by molar-refractivity contribution is 7.13. The van der Waals surface area contributed by atoms with Crippen molar-refractivity contribution in [1.82, 2.24) is 9.55 Å². The van der Waals surface area contributed by atoms with E-state index in [1.54, 1.807) is 18.4 Å². The van der Waals surface area contributed by atoms with Crippen molar-refractivity contribution in [2.45, 2.75) is 13.8 Å². The van der Waals surface area contributed by atoms with Gasteiger partial charge >= 0.3 is 0 Å². The first-order valence-electron chi connectivity index (χ1n) is 6.83. The Hall–Kier alpha value is -2.07. The minimum Gasteiger partial charge on any atom is -0.497 e. The maximum atomic E-state index is 5.28. The van der Waals surface area contributed by atoms with Gasteiger partial charge in [0.15, 0.2) is 0 Å². The molecular formula is C17H18N2OS. The summed E-state index contributed by atoms with van der Waals surface area (Å²) in [5.41, 5.74) is 5.84. The lowest BCUT2D eigenvalue weighted by Gasteiger charge is -2.01. The maximum Gasteiger partial charge on any atom is 0.124 e. The first-order chi connectivity index (χ1) is 10.1. The van der Waals surface area contributed by atoms with Crippen LogP contribution in [-0.4, -0.2) is 16.7 Å². The number of thiazole rings is 1. The first kappa shape index (κ1) is 13.9. The van der Waals surface area contributed by atoms with Gasteiger partial charge in [0.05, 0.1) is 12.8 Å². The Kier molecular flexibility index (Phi) is 3.55. The summed E-state index contributed by atoms with van der Waals surface area (Å²) in [4.78, 5) is 4.79. The molecule has 3 rings (SSSR count). The molecule has 0 fully saturated rings. The molecule has 2 heterocycles. The summed E-state index contributed by atoms with van der Waals surface area (Å²) in [5, 5.41) is 3.14. The zero-order chi connectivity index (χ0) is 15.0. The Morgan fingerprint density at radius 2 is 2.00 bits per heavy atom. The van der Waals surface area contributed by atoms with E-state index in [0.29, 0.717) is 0 Å². The van der Waals surface area contributed by atoms with Crippen LogP contribution in [0, 0.1) is 13.8 Å². The third kappa shape index (κ3) is 2.47. The molecule has 21 heavy (non-hydrogen) atoms. The van der Waals surface area contributed by atoms with Crippen LogP contribution in [0.2, 0.25) is 0 Å². The van der Waals surface area contributed by atoms with E-state index in [1.165, 1.54) is 17.0 Å². The number of hydrogen-bond acceptors (Lipinski definition) is 3. The molecule has 0 saturated heterocycles. The number of ether oxygens (including phenoxy) is 1. The smallest absolute Gasteiger partial charge is 0.124 e. The zero-order valence-corrected chi connectivity index (χ0v) is 13.5. The molecule has 2 aromatic heterocycles. The van der Waals surface area contributed by atoms with Crippen molar-refractivity contribution in [3.8, 4) is 27.6 Å². The van der Waals surface area contributed by atoms with Gasteiger partial charge in [0.2, 0.25) is 0 Å². The molecule has 0 N–H and O–H groups in total. The molecule has 0 radical (unpaired) electrons. The Morgan fingerprint density at radius 3 is 2.67 bits per heavy atom. The fraction of sp³-hybridized carbons (Fsp3) is 0.235. The summed E-state index contributed by atoms with van der Waals surface area (Å²) in [7, 11) is 3.77. The third-order valence-corrected chi connectivity index (χ3v) is 4.76. The van der Waals surface area contributed by atoms with Crippen molar-refractivity contribution in [2.24, 2.45) is 7.05 Å². The number of methoxy groups -OCH3 is 1. The van der Waals surface area contributed by atoms with Crippen LogP contribution in [0.1, 0.15) is 11.4 Å². The lowest BCUT2D eigenvalue weighted by molar-refractivity contribution is 0.415. The molecule has 0 atom stereocenters. The Balaban J connectivity index is 2.01. The monoisotopic (exact) mass is 298 g/mol. The number of aryl methyl sites for hydroxylation is 1. The van der Waals surface area contributed by atoms with E-state index >= 15 is 0 Å². The number of benzene rings is 1. The van der Waals surface area contributed by atoms with Crippen molar-refractivity contribution in [3.63, 3.8) is 0 Å². The summed E-state index contributed by atoms with van der Waals surface area (Å²) in [6.45, 7) is 4.25.